The zero-order valence-corrected chi connectivity index (χ0v) is 12.9. The second-order valence-corrected chi connectivity index (χ2v) is 5.74. The molecule has 0 unspecified atom stereocenters. The SMILES string of the molecule is CC(C)[C@H](N)C(=O)N(C)CC1CCN(C)CC1.Cl. The van der Waals surface area contributed by atoms with Crippen LogP contribution in [-0.2, 0) is 4.79 Å². The molecule has 0 bridgehead atoms. The van der Waals surface area contributed by atoms with E-state index in [1.54, 1.807) is 0 Å². The fourth-order valence-electron chi connectivity index (χ4n) is 2.26. The van der Waals surface area contributed by atoms with Crippen molar-refractivity contribution < 1.29 is 4.79 Å². The van der Waals surface area contributed by atoms with E-state index in [1.807, 2.05) is 25.8 Å². The first-order chi connectivity index (χ1) is 7.91. The summed E-state index contributed by atoms with van der Waals surface area (Å²) in [6.45, 7) is 7.12. The van der Waals surface area contributed by atoms with Crippen molar-refractivity contribution in [1.82, 2.24) is 9.80 Å². The number of carbonyl (C=O) groups excluding carboxylic acids is 1. The summed E-state index contributed by atoms with van der Waals surface area (Å²) >= 11 is 0. The number of amides is 1. The van der Waals surface area contributed by atoms with Crippen molar-refractivity contribution in [3.63, 3.8) is 0 Å². The highest BCUT2D eigenvalue weighted by molar-refractivity contribution is 5.85. The highest BCUT2D eigenvalue weighted by Gasteiger charge is 2.24. The quantitative estimate of drug-likeness (QED) is 0.840. The van der Waals surface area contributed by atoms with Gasteiger partial charge >= 0.3 is 0 Å². The molecule has 0 saturated carbocycles. The maximum absolute atomic E-state index is 12.0. The Balaban J connectivity index is 0.00000289. The lowest BCUT2D eigenvalue weighted by Gasteiger charge is -2.32. The van der Waals surface area contributed by atoms with E-state index in [-0.39, 0.29) is 30.3 Å². The Hall–Kier alpha value is -0.320. The van der Waals surface area contributed by atoms with Gasteiger partial charge in [-0.1, -0.05) is 13.8 Å². The standard InChI is InChI=1S/C13H27N3O.ClH/c1-10(2)12(14)13(17)16(4)9-11-5-7-15(3)8-6-11;/h10-12H,5-9,14H2,1-4H3;1H/t12-;/m0./s1. The maximum atomic E-state index is 12.0. The third-order valence-electron chi connectivity index (χ3n) is 3.75. The molecule has 1 atom stereocenters. The number of rotatable bonds is 4. The number of carbonyl (C=O) groups is 1. The molecule has 0 aliphatic carbocycles. The van der Waals surface area contributed by atoms with Gasteiger partial charge in [-0.25, -0.2) is 0 Å². The first-order valence-corrected chi connectivity index (χ1v) is 6.61. The Bertz CT molecular complexity index is 253. The van der Waals surface area contributed by atoms with E-state index in [0.717, 1.165) is 19.6 Å². The molecule has 0 aromatic rings. The van der Waals surface area contributed by atoms with Crippen LogP contribution in [0.3, 0.4) is 0 Å². The molecule has 0 aromatic heterocycles. The Labute approximate surface area is 117 Å². The van der Waals surface area contributed by atoms with Crippen molar-refractivity contribution in [2.45, 2.75) is 32.7 Å². The first kappa shape index (κ1) is 17.7. The lowest BCUT2D eigenvalue weighted by Crippen LogP contribution is -2.47. The van der Waals surface area contributed by atoms with Crippen molar-refractivity contribution in [2.75, 3.05) is 33.7 Å². The number of nitrogens with zero attached hydrogens (tertiary/aromatic N) is 2. The van der Waals surface area contributed by atoms with Crippen molar-refractivity contribution in [2.24, 2.45) is 17.6 Å². The van der Waals surface area contributed by atoms with E-state index < -0.39 is 0 Å². The van der Waals surface area contributed by atoms with Crippen LogP contribution in [0.2, 0.25) is 0 Å². The molecule has 1 aliphatic heterocycles. The minimum atomic E-state index is -0.355. The average molecular weight is 278 g/mol. The second-order valence-electron chi connectivity index (χ2n) is 5.74. The summed E-state index contributed by atoms with van der Waals surface area (Å²) in [6.07, 6.45) is 2.37. The van der Waals surface area contributed by atoms with E-state index in [4.69, 9.17) is 5.73 Å². The van der Waals surface area contributed by atoms with Gasteiger partial charge in [0.2, 0.25) is 5.91 Å². The van der Waals surface area contributed by atoms with Crippen LogP contribution in [0.4, 0.5) is 0 Å². The summed E-state index contributed by atoms with van der Waals surface area (Å²) in [7, 11) is 4.03. The second kappa shape index (κ2) is 7.97. The van der Waals surface area contributed by atoms with Gasteiger partial charge in [-0.05, 0) is 44.8 Å². The molecule has 1 fully saturated rings. The van der Waals surface area contributed by atoms with Gasteiger partial charge in [0.15, 0.2) is 0 Å². The van der Waals surface area contributed by atoms with E-state index >= 15 is 0 Å². The van der Waals surface area contributed by atoms with Crippen LogP contribution in [0.1, 0.15) is 26.7 Å². The third kappa shape index (κ3) is 5.12. The van der Waals surface area contributed by atoms with Crippen LogP contribution in [0.5, 0.6) is 0 Å². The highest BCUT2D eigenvalue weighted by atomic mass is 35.5. The number of hydrogen-bond acceptors (Lipinski definition) is 3. The topological polar surface area (TPSA) is 49.6 Å². The van der Waals surface area contributed by atoms with Gasteiger partial charge in [0.25, 0.3) is 0 Å². The lowest BCUT2D eigenvalue weighted by molar-refractivity contribution is -0.133. The predicted octanol–water partition coefficient (Wildman–Crippen LogP) is 1.19. The molecule has 0 spiro atoms. The summed E-state index contributed by atoms with van der Waals surface area (Å²) < 4.78 is 0. The monoisotopic (exact) mass is 277 g/mol. The summed E-state index contributed by atoms with van der Waals surface area (Å²) in [5, 5.41) is 0. The Kier molecular flexibility index (Phi) is 7.83. The van der Waals surface area contributed by atoms with E-state index in [0.29, 0.717) is 5.92 Å². The van der Waals surface area contributed by atoms with Crippen LogP contribution in [0.15, 0.2) is 0 Å². The summed E-state index contributed by atoms with van der Waals surface area (Å²) in [5.74, 6) is 0.931. The van der Waals surface area contributed by atoms with Gasteiger partial charge in [0.05, 0.1) is 6.04 Å². The number of piperidine rings is 1. The molecule has 18 heavy (non-hydrogen) atoms. The summed E-state index contributed by atoms with van der Waals surface area (Å²) in [6, 6.07) is -0.355. The van der Waals surface area contributed by atoms with Gasteiger partial charge in [0, 0.05) is 13.6 Å². The predicted molar refractivity (Wildman–Crippen MR) is 77.9 cm³/mol. The lowest BCUT2D eigenvalue weighted by atomic mass is 9.96. The van der Waals surface area contributed by atoms with Crippen LogP contribution >= 0.6 is 12.4 Å². The van der Waals surface area contributed by atoms with Crippen LogP contribution in [0.25, 0.3) is 0 Å². The molecule has 1 saturated heterocycles. The minimum absolute atomic E-state index is 0. The summed E-state index contributed by atoms with van der Waals surface area (Å²) in [5.41, 5.74) is 5.89. The normalized spacial score (nSPS) is 19.4. The van der Waals surface area contributed by atoms with Crippen molar-refractivity contribution in [3.8, 4) is 0 Å². The molecular formula is C13H28ClN3O. The average Bonchev–Trinajstić information content (AvgIpc) is 2.30. The number of nitrogens with two attached hydrogens (primary N) is 1. The van der Waals surface area contributed by atoms with Crippen LogP contribution in [-0.4, -0.2) is 55.5 Å². The Morgan fingerprint density at radius 2 is 1.89 bits per heavy atom. The van der Waals surface area contributed by atoms with E-state index in [2.05, 4.69) is 11.9 Å². The first-order valence-electron chi connectivity index (χ1n) is 6.61. The number of hydrogen-bond donors (Lipinski definition) is 1. The van der Waals surface area contributed by atoms with Crippen molar-refractivity contribution >= 4 is 18.3 Å². The van der Waals surface area contributed by atoms with E-state index in [1.165, 1.54) is 12.8 Å². The summed E-state index contributed by atoms with van der Waals surface area (Å²) in [4.78, 5) is 16.2. The zero-order valence-electron chi connectivity index (χ0n) is 12.1. The molecule has 4 nitrogen and oxygen atoms in total. The fraction of sp³-hybridized carbons (Fsp3) is 0.923. The molecule has 1 aliphatic rings. The molecule has 1 amide bonds. The fourth-order valence-corrected chi connectivity index (χ4v) is 2.26. The zero-order chi connectivity index (χ0) is 13.0. The van der Waals surface area contributed by atoms with Crippen molar-refractivity contribution in [3.05, 3.63) is 0 Å². The largest absolute Gasteiger partial charge is 0.344 e. The van der Waals surface area contributed by atoms with Gasteiger partial charge in [-0.3, -0.25) is 4.79 Å². The van der Waals surface area contributed by atoms with Crippen molar-refractivity contribution in [1.29, 1.82) is 0 Å². The van der Waals surface area contributed by atoms with Crippen LogP contribution < -0.4 is 5.73 Å². The Morgan fingerprint density at radius 1 is 1.39 bits per heavy atom. The molecule has 0 radical (unpaired) electrons. The van der Waals surface area contributed by atoms with E-state index in [9.17, 15) is 4.79 Å². The third-order valence-corrected chi connectivity index (χ3v) is 3.75. The number of likely N-dealkylation sites (tertiary alicyclic amines) is 1. The molecule has 0 aromatic carbocycles. The molecule has 108 valence electrons. The van der Waals surface area contributed by atoms with Gasteiger partial charge in [0.1, 0.15) is 0 Å². The number of halogens is 1. The van der Waals surface area contributed by atoms with Gasteiger partial charge in [-0.15, -0.1) is 12.4 Å². The van der Waals surface area contributed by atoms with Gasteiger partial charge in [-0.2, -0.15) is 0 Å². The van der Waals surface area contributed by atoms with Gasteiger partial charge < -0.3 is 15.5 Å². The number of likely N-dealkylation sites (N-methyl/N-ethyl adjacent to an activating group) is 1. The molecule has 5 heteroatoms. The minimum Gasteiger partial charge on any atom is -0.344 e. The molecule has 1 heterocycles. The molecular weight excluding hydrogens is 250 g/mol. The molecule has 1 rings (SSSR count). The molecule has 2 N–H and O–H groups in total. The van der Waals surface area contributed by atoms with Crippen LogP contribution in [0, 0.1) is 11.8 Å². The maximum Gasteiger partial charge on any atom is 0.239 e. The highest BCUT2D eigenvalue weighted by Crippen LogP contribution is 2.17. The Morgan fingerprint density at radius 3 is 2.33 bits per heavy atom. The smallest absolute Gasteiger partial charge is 0.239 e.